The predicted molar refractivity (Wildman–Crippen MR) is 200 cm³/mol. The van der Waals surface area contributed by atoms with Crippen molar-refractivity contribution < 1.29 is 4.79 Å². The second-order valence-electron chi connectivity index (χ2n) is 13.8. The third-order valence-corrected chi connectivity index (χ3v) is 8.22. The molecule has 0 amide bonds. The van der Waals surface area contributed by atoms with Gasteiger partial charge < -0.3 is 10.3 Å². The van der Waals surface area contributed by atoms with Crippen molar-refractivity contribution >= 4 is 5.78 Å². The smallest absolute Gasteiger partial charge is 0.137 e. The van der Waals surface area contributed by atoms with Gasteiger partial charge in [-0.15, -0.1) is 0 Å². The Kier molecular flexibility index (Phi) is 22.5. The second-order valence-corrected chi connectivity index (χ2v) is 13.8. The minimum atomic E-state index is 0.201. The van der Waals surface area contributed by atoms with Gasteiger partial charge in [-0.05, 0) is 63.4 Å². The third kappa shape index (κ3) is 20.3. The molecule has 0 radical (unpaired) electrons. The number of ketones is 1. The Morgan fingerprint density at radius 3 is 1.80 bits per heavy atom. The highest BCUT2D eigenvalue weighted by Crippen LogP contribution is 2.25. The molecule has 2 heterocycles. The molecule has 4 nitrogen and oxygen atoms in total. The number of carbonyl (C=O) groups excluding carboxylic acids is 1. The van der Waals surface area contributed by atoms with Crippen molar-refractivity contribution in [1.82, 2.24) is 15.3 Å². The Balaban J connectivity index is 0.000000595. The molecule has 0 bridgehead atoms. The lowest BCUT2D eigenvalue weighted by Crippen LogP contribution is -2.10. The molecule has 1 unspecified atom stereocenters. The van der Waals surface area contributed by atoms with E-state index in [-0.39, 0.29) is 17.1 Å². The van der Waals surface area contributed by atoms with E-state index in [9.17, 15) is 4.79 Å². The summed E-state index contributed by atoms with van der Waals surface area (Å²) in [5.41, 5.74) is 6.63. The zero-order valence-electron chi connectivity index (χ0n) is 31.7. The summed E-state index contributed by atoms with van der Waals surface area (Å²) in [4.78, 5) is 18.1. The number of aromatic amines is 1. The molecule has 1 saturated heterocycles. The van der Waals surface area contributed by atoms with Crippen molar-refractivity contribution in [3.63, 3.8) is 0 Å². The van der Waals surface area contributed by atoms with Gasteiger partial charge in [-0.1, -0.05) is 149 Å². The first-order chi connectivity index (χ1) is 21.3. The first kappa shape index (κ1) is 42.5. The number of imidazole rings is 1. The molecule has 1 atom stereocenters. The highest BCUT2D eigenvalue weighted by molar-refractivity contribution is 5.77. The van der Waals surface area contributed by atoms with Gasteiger partial charge >= 0.3 is 0 Å². The van der Waals surface area contributed by atoms with Crippen LogP contribution in [0.25, 0.3) is 11.4 Å². The van der Waals surface area contributed by atoms with Gasteiger partial charge in [0.05, 0.1) is 5.69 Å². The number of hydrogen-bond acceptors (Lipinski definition) is 3. The van der Waals surface area contributed by atoms with Crippen LogP contribution in [-0.4, -0.2) is 28.3 Å². The van der Waals surface area contributed by atoms with Gasteiger partial charge in [0.1, 0.15) is 11.6 Å². The lowest BCUT2D eigenvalue weighted by molar-refractivity contribution is -0.119. The summed E-state index contributed by atoms with van der Waals surface area (Å²) in [5, 5.41) is 3.10. The summed E-state index contributed by atoms with van der Waals surface area (Å²) in [6.07, 6.45) is 18.8. The number of allylic oxidation sites excluding steroid dienone is 4. The molecule has 4 heteroatoms. The van der Waals surface area contributed by atoms with Gasteiger partial charge in [0.15, 0.2) is 0 Å². The van der Waals surface area contributed by atoms with Crippen LogP contribution in [0.15, 0.2) is 48.1 Å². The van der Waals surface area contributed by atoms with Crippen molar-refractivity contribution in [2.24, 2.45) is 11.8 Å². The van der Waals surface area contributed by atoms with Crippen molar-refractivity contribution in [2.75, 3.05) is 6.54 Å². The fraction of sp³-hybridized carbons (Fsp3) is 0.659. The zero-order valence-corrected chi connectivity index (χ0v) is 31.7. The van der Waals surface area contributed by atoms with Gasteiger partial charge in [0.25, 0.3) is 0 Å². The molecular weight excluding hydrogens is 550 g/mol. The number of carbonyl (C=O) groups is 1. The highest BCUT2D eigenvalue weighted by Gasteiger charge is 2.14. The molecule has 3 aliphatic rings. The molecule has 2 fully saturated rings. The molecule has 45 heavy (non-hydrogen) atoms. The third-order valence-electron chi connectivity index (χ3n) is 8.22. The van der Waals surface area contributed by atoms with Gasteiger partial charge in [-0.2, -0.15) is 0 Å². The first-order valence-electron chi connectivity index (χ1n) is 18.0. The molecule has 1 aliphatic heterocycles. The number of benzene rings is 1. The van der Waals surface area contributed by atoms with Crippen LogP contribution in [0.5, 0.6) is 0 Å². The average molecular weight is 622 g/mol. The number of aryl methyl sites for hydroxylation is 2. The predicted octanol–water partition coefficient (Wildman–Crippen LogP) is 11.7. The Hall–Kier alpha value is -2.46. The number of nitrogens with zero attached hydrogens (tertiary/aromatic N) is 1. The van der Waals surface area contributed by atoms with Gasteiger partial charge in [-0.3, -0.25) is 4.79 Å². The minimum Gasteiger partial charge on any atom is -0.342 e. The van der Waals surface area contributed by atoms with Gasteiger partial charge in [0.2, 0.25) is 0 Å². The molecule has 2 N–H and O–H groups in total. The molecule has 1 saturated carbocycles. The highest BCUT2D eigenvalue weighted by atomic mass is 16.1. The maximum atomic E-state index is 10.1. The van der Waals surface area contributed by atoms with E-state index in [0.29, 0.717) is 0 Å². The Labute approximate surface area is 279 Å². The van der Waals surface area contributed by atoms with Crippen LogP contribution in [-0.2, 0) is 16.6 Å². The fourth-order valence-electron chi connectivity index (χ4n) is 4.48. The van der Waals surface area contributed by atoms with E-state index in [4.69, 9.17) is 0 Å². The molecule has 5 rings (SSSR count). The van der Waals surface area contributed by atoms with E-state index < -0.39 is 0 Å². The van der Waals surface area contributed by atoms with Crippen LogP contribution in [0.3, 0.4) is 0 Å². The largest absolute Gasteiger partial charge is 0.342 e. The summed E-state index contributed by atoms with van der Waals surface area (Å²) in [6.45, 7) is 28.3. The lowest BCUT2D eigenvalue weighted by atomic mass is 9.87. The summed E-state index contributed by atoms with van der Waals surface area (Å²) >= 11 is 0. The van der Waals surface area contributed by atoms with E-state index in [1.165, 1.54) is 69.2 Å². The Bertz CT molecular complexity index is 1090. The average Bonchev–Trinajstić information content (AvgIpc) is 3.73. The van der Waals surface area contributed by atoms with E-state index in [0.717, 1.165) is 35.5 Å². The second kappa shape index (κ2) is 23.8. The number of hydrogen-bond donors (Lipinski definition) is 2. The quantitative estimate of drug-likeness (QED) is 0.334. The normalized spacial score (nSPS) is 16.8. The molecule has 0 spiro atoms. The number of H-pyrrole nitrogens is 1. The summed E-state index contributed by atoms with van der Waals surface area (Å²) < 4.78 is 0. The lowest BCUT2D eigenvalue weighted by Gasteiger charge is -2.18. The van der Waals surface area contributed by atoms with Gasteiger partial charge in [0, 0.05) is 29.8 Å². The molecular formula is C41H71N3O. The summed E-state index contributed by atoms with van der Waals surface area (Å²) in [5.74, 6) is 2.48. The summed E-state index contributed by atoms with van der Waals surface area (Å²) in [6, 6.07) is 9.52. The first-order valence-corrected chi connectivity index (χ1v) is 18.0. The van der Waals surface area contributed by atoms with Gasteiger partial charge in [-0.25, -0.2) is 4.98 Å². The summed E-state index contributed by atoms with van der Waals surface area (Å²) in [7, 11) is 0. The Morgan fingerprint density at radius 2 is 1.51 bits per heavy atom. The van der Waals surface area contributed by atoms with Crippen LogP contribution < -0.4 is 5.32 Å². The van der Waals surface area contributed by atoms with Crippen molar-refractivity contribution in [2.45, 2.75) is 159 Å². The topological polar surface area (TPSA) is 67.7 Å². The van der Waals surface area contributed by atoms with Crippen molar-refractivity contribution in [3.05, 3.63) is 65.0 Å². The molecule has 2 aliphatic carbocycles. The maximum Gasteiger partial charge on any atom is 0.137 e. The van der Waals surface area contributed by atoms with E-state index in [1.807, 2.05) is 27.7 Å². The van der Waals surface area contributed by atoms with Crippen molar-refractivity contribution in [1.29, 1.82) is 0 Å². The fourth-order valence-corrected chi connectivity index (χ4v) is 4.48. The zero-order chi connectivity index (χ0) is 34.4. The van der Waals surface area contributed by atoms with Crippen LogP contribution in [0, 0.1) is 18.8 Å². The number of aromatic nitrogens is 2. The standard InChI is InChI=1S/C16H22N2.C8H12.C7H14.C5H10O.C3H7N.C2H6/c1-6-14-11(2)17-15(18-14)12-7-9-13(10-8-12)16(3,4)5;1-2-8-6-4-3-5-7-8;1-7-5-3-2-4-6-7;1-4(2)5(3)6;1-3-2-4-3;1-2/h7-10H,6H2,1-5H3,(H,17,18);3-4,6H,2,5,7H2,1H3;7H,2-6H2,1H3;4H,1-3H3;3-4H,2H2,1H3;1-2H3. The van der Waals surface area contributed by atoms with Crippen molar-refractivity contribution in [3.8, 4) is 11.4 Å². The molecule has 1 aromatic carbocycles. The molecule has 1 aromatic heterocycles. The number of nitrogens with one attached hydrogen (secondary N) is 2. The van der Waals surface area contributed by atoms with E-state index >= 15 is 0 Å². The number of Topliss-reactive ketones (excluding diaryl/α,β-unsaturated/α-hetero) is 1. The SMILES string of the molecule is CC.CC(=O)C(C)C.CC1CCCCC1.CC1CN1.CCC1=CC=CCC1.CCc1nc(-c2ccc(C(C)(C)C)cc2)[nH]c1C. The monoisotopic (exact) mass is 622 g/mol. The molecule has 256 valence electrons. The van der Waals surface area contributed by atoms with Crippen LogP contribution in [0.2, 0.25) is 0 Å². The molecule has 2 aromatic rings. The number of rotatable bonds is 4. The van der Waals surface area contributed by atoms with E-state index in [1.54, 1.807) is 12.5 Å². The minimum absolute atomic E-state index is 0.201. The van der Waals surface area contributed by atoms with Crippen LogP contribution >= 0.6 is 0 Å². The van der Waals surface area contributed by atoms with E-state index in [2.05, 4.69) is 113 Å². The van der Waals surface area contributed by atoms with Crippen LogP contribution in [0.4, 0.5) is 0 Å². The maximum absolute atomic E-state index is 10.1. The van der Waals surface area contributed by atoms with Crippen LogP contribution in [0.1, 0.15) is 151 Å². The Morgan fingerprint density at radius 1 is 0.978 bits per heavy atom.